The number of halogens is 1. The van der Waals surface area contributed by atoms with Gasteiger partial charge < -0.3 is 14.5 Å². The Morgan fingerprint density at radius 2 is 1.94 bits per heavy atom. The van der Waals surface area contributed by atoms with Gasteiger partial charge in [0.05, 0.1) is 23.9 Å². The van der Waals surface area contributed by atoms with E-state index in [-0.39, 0.29) is 6.04 Å². The van der Waals surface area contributed by atoms with Crippen LogP contribution < -0.4 is 10.1 Å². The topological polar surface area (TPSA) is 34.4 Å². The van der Waals surface area contributed by atoms with Crippen molar-refractivity contribution in [2.45, 2.75) is 6.04 Å². The molecule has 1 unspecified atom stereocenters. The molecule has 0 saturated heterocycles. The molecule has 0 bridgehead atoms. The first kappa shape index (κ1) is 12.2. The van der Waals surface area contributed by atoms with Gasteiger partial charge >= 0.3 is 0 Å². The van der Waals surface area contributed by atoms with Crippen LogP contribution in [0.5, 0.6) is 5.75 Å². The van der Waals surface area contributed by atoms with E-state index in [1.54, 1.807) is 13.4 Å². The number of hydrogen-bond acceptors (Lipinski definition) is 3. The summed E-state index contributed by atoms with van der Waals surface area (Å²) in [6.45, 7) is 0. The molecule has 2 rings (SSSR count). The zero-order valence-corrected chi connectivity index (χ0v) is 11.3. The maximum atomic E-state index is 5.49. The highest BCUT2D eigenvalue weighted by atomic mass is 79.9. The predicted octanol–water partition coefficient (Wildman–Crippen LogP) is 3.36. The fourth-order valence-electron chi connectivity index (χ4n) is 1.76. The van der Waals surface area contributed by atoms with Gasteiger partial charge in [-0.1, -0.05) is 12.1 Å². The number of rotatable bonds is 4. The van der Waals surface area contributed by atoms with Crippen LogP contribution in [0.2, 0.25) is 0 Å². The first-order chi connectivity index (χ1) is 8.26. The molecular weight excluding hydrogens is 282 g/mol. The molecule has 1 atom stereocenters. The SMILES string of the molecule is CNC(c1ccc(OC)cc1)c1occc1Br. The lowest BCUT2D eigenvalue weighted by Gasteiger charge is -2.15. The molecule has 0 radical (unpaired) electrons. The van der Waals surface area contributed by atoms with E-state index in [4.69, 9.17) is 9.15 Å². The largest absolute Gasteiger partial charge is 0.497 e. The first-order valence-electron chi connectivity index (χ1n) is 5.30. The van der Waals surface area contributed by atoms with E-state index in [0.29, 0.717) is 0 Å². The Bertz CT molecular complexity index is 478. The number of ether oxygens (including phenoxy) is 1. The van der Waals surface area contributed by atoms with E-state index in [1.165, 1.54) is 0 Å². The normalized spacial score (nSPS) is 12.4. The van der Waals surface area contributed by atoms with Crippen molar-refractivity contribution < 1.29 is 9.15 Å². The van der Waals surface area contributed by atoms with Crippen LogP contribution in [0, 0.1) is 0 Å². The lowest BCUT2D eigenvalue weighted by molar-refractivity contribution is 0.414. The molecule has 0 spiro atoms. The molecule has 1 N–H and O–H groups in total. The van der Waals surface area contributed by atoms with Crippen molar-refractivity contribution in [1.82, 2.24) is 5.32 Å². The molecule has 0 amide bonds. The molecule has 0 fully saturated rings. The van der Waals surface area contributed by atoms with Crippen LogP contribution in [0.25, 0.3) is 0 Å². The molecule has 17 heavy (non-hydrogen) atoms. The second kappa shape index (κ2) is 5.38. The van der Waals surface area contributed by atoms with Gasteiger partial charge in [-0.25, -0.2) is 0 Å². The van der Waals surface area contributed by atoms with E-state index >= 15 is 0 Å². The van der Waals surface area contributed by atoms with E-state index < -0.39 is 0 Å². The smallest absolute Gasteiger partial charge is 0.139 e. The summed E-state index contributed by atoms with van der Waals surface area (Å²) in [5.74, 6) is 1.72. The van der Waals surface area contributed by atoms with E-state index in [9.17, 15) is 0 Å². The fourth-order valence-corrected chi connectivity index (χ4v) is 2.19. The van der Waals surface area contributed by atoms with Crippen molar-refractivity contribution in [3.8, 4) is 5.75 Å². The van der Waals surface area contributed by atoms with Crippen molar-refractivity contribution in [3.05, 3.63) is 52.4 Å². The second-order valence-electron chi connectivity index (χ2n) is 3.63. The van der Waals surface area contributed by atoms with E-state index in [1.807, 2.05) is 37.4 Å². The molecule has 0 aliphatic heterocycles. The summed E-state index contributed by atoms with van der Waals surface area (Å²) in [4.78, 5) is 0. The highest BCUT2D eigenvalue weighted by Gasteiger charge is 2.17. The van der Waals surface area contributed by atoms with Gasteiger partial charge in [0.15, 0.2) is 0 Å². The summed E-state index contributed by atoms with van der Waals surface area (Å²) < 4.78 is 11.6. The van der Waals surface area contributed by atoms with Gasteiger partial charge in [0.1, 0.15) is 11.5 Å². The second-order valence-corrected chi connectivity index (χ2v) is 4.48. The standard InChI is InChI=1S/C13H14BrNO2/c1-15-12(13-11(14)7-8-17-13)9-3-5-10(16-2)6-4-9/h3-8,12,15H,1-2H3. The summed E-state index contributed by atoms with van der Waals surface area (Å²) in [6.07, 6.45) is 1.67. The first-order valence-corrected chi connectivity index (χ1v) is 6.09. The van der Waals surface area contributed by atoms with Gasteiger partial charge in [0.25, 0.3) is 0 Å². The minimum atomic E-state index is 0.0327. The number of methoxy groups -OCH3 is 1. The van der Waals surface area contributed by atoms with Crippen LogP contribution in [0.4, 0.5) is 0 Å². The Balaban J connectivity index is 2.32. The van der Waals surface area contributed by atoms with E-state index in [0.717, 1.165) is 21.5 Å². The lowest BCUT2D eigenvalue weighted by Crippen LogP contribution is -2.17. The lowest BCUT2D eigenvalue weighted by atomic mass is 10.0. The summed E-state index contributed by atoms with van der Waals surface area (Å²) in [6, 6.07) is 9.85. The average Bonchev–Trinajstić information content (AvgIpc) is 2.78. The Kier molecular flexibility index (Phi) is 3.86. The highest BCUT2D eigenvalue weighted by Crippen LogP contribution is 2.29. The third-order valence-electron chi connectivity index (χ3n) is 2.64. The number of furan rings is 1. The molecule has 4 heteroatoms. The highest BCUT2D eigenvalue weighted by molar-refractivity contribution is 9.10. The quantitative estimate of drug-likeness (QED) is 0.939. The molecule has 90 valence electrons. The van der Waals surface area contributed by atoms with Gasteiger partial charge in [-0.05, 0) is 46.7 Å². The summed E-state index contributed by atoms with van der Waals surface area (Å²) in [7, 11) is 3.57. The minimum Gasteiger partial charge on any atom is -0.497 e. The molecule has 2 aromatic rings. The zero-order valence-electron chi connectivity index (χ0n) is 9.74. The Morgan fingerprint density at radius 1 is 1.24 bits per heavy atom. The van der Waals surface area contributed by atoms with Crippen molar-refractivity contribution in [3.63, 3.8) is 0 Å². The summed E-state index contributed by atoms with van der Waals surface area (Å²) >= 11 is 3.47. The molecule has 1 aromatic heterocycles. The molecule has 0 saturated carbocycles. The maximum absolute atomic E-state index is 5.49. The monoisotopic (exact) mass is 295 g/mol. The fraction of sp³-hybridized carbons (Fsp3) is 0.231. The predicted molar refractivity (Wildman–Crippen MR) is 70.3 cm³/mol. The van der Waals surface area contributed by atoms with Crippen LogP contribution in [0.1, 0.15) is 17.4 Å². The van der Waals surface area contributed by atoms with Crippen LogP contribution in [-0.2, 0) is 0 Å². The summed E-state index contributed by atoms with van der Waals surface area (Å²) in [5, 5.41) is 3.23. The van der Waals surface area contributed by atoms with Crippen LogP contribution >= 0.6 is 15.9 Å². The van der Waals surface area contributed by atoms with Crippen LogP contribution in [0.3, 0.4) is 0 Å². The molecule has 1 aromatic carbocycles. The van der Waals surface area contributed by atoms with Gasteiger partial charge in [-0.2, -0.15) is 0 Å². The minimum absolute atomic E-state index is 0.0327. The average molecular weight is 296 g/mol. The van der Waals surface area contributed by atoms with Crippen molar-refractivity contribution >= 4 is 15.9 Å². The summed E-state index contributed by atoms with van der Waals surface area (Å²) in [5.41, 5.74) is 1.13. The van der Waals surface area contributed by atoms with Crippen LogP contribution in [-0.4, -0.2) is 14.2 Å². The molecule has 0 aliphatic rings. The van der Waals surface area contributed by atoms with Gasteiger partial charge in [-0.15, -0.1) is 0 Å². The van der Waals surface area contributed by atoms with E-state index in [2.05, 4.69) is 21.2 Å². The van der Waals surface area contributed by atoms with Crippen molar-refractivity contribution in [2.75, 3.05) is 14.2 Å². The van der Waals surface area contributed by atoms with Gasteiger partial charge in [0, 0.05) is 0 Å². The molecular formula is C13H14BrNO2. The maximum Gasteiger partial charge on any atom is 0.139 e. The van der Waals surface area contributed by atoms with Gasteiger partial charge in [-0.3, -0.25) is 0 Å². The molecule has 3 nitrogen and oxygen atoms in total. The van der Waals surface area contributed by atoms with Gasteiger partial charge in [0.2, 0.25) is 0 Å². The number of nitrogens with one attached hydrogen (secondary N) is 1. The number of benzene rings is 1. The number of hydrogen-bond donors (Lipinski definition) is 1. The van der Waals surface area contributed by atoms with Crippen LogP contribution in [0.15, 0.2) is 45.5 Å². The Labute approximate surface area is 109 Å². The third kappa shape index (κ3) is 2.53. The molecule has 0 aliphatic carbocycles. The molecule has 1 heterocycles. The Morgan fingerprint density at radius 3 is 2.41 bits per heavy atom. The Hall–Kier alpha value is -1.26. The zero-order chi connectivity index (χ0) is 12.3. The van der Waals surface area contributed by atoms with Crippen molar-refractivity contribution in [2.24, 2.45) is 0 Å². The third-order valence-corrected chi connectivity index (χ3v) is 3.30. The van der Waals surface area contributed by atoms with Crippen molar-refractivity contribution in [1.29, 1.82) is 0 Å².